The molecular formula is C13H18N2OS. The maximum absolute atomic E-state index is 5.13. The fourth-order valence-electron chi connectivity index (χ4n) is 1.35. The van der Waals surface area contributed by atoms with Crippen LogP contribution in [0.1, 0.15) is 5.56 Å². The van der Waals surface area contributed by atoms with Crippen LogP contribution < -0.4 is 10.1 Å². The van der Waals surface area contributed by atoms with E-state index >= 15 is 0 Å². The minimum absolute atomic E-state index is 0.870. The van der Waals surface area contributed by atoms with Gasteiger partial charge in [0.15, 0.2) is 0 Å². The Kier molecular flexibility index (Phi) is 6.43. The Bertz CT molecular complexity index is 374. The van der Waals surface area contributed by atoms with Gasteiger partial charge in [-0.25, -0.2) is 0 Å². The van der Waals surface area contributed by atoms with Crippen molar-refractivity contribution in [3.63, 3.8) is 0 Å². The molecule has 0 aliphatic heterocycles. The largest absolute Gasteiger partial charge is 0.497 e. The van der Waals surface area contributed by atoms with Crippen LogP contribution in [0.2, 0.25) is 0 Å². The normalized spacial score (nSPS) is 11.3. The molecule has 0 saturated heterocycles. The van der Waals surface area contributed by atoms with Crippen LogP contribution in [0.4, 0.5) is 0 Å². The fraction of sp³-hybridized carbons (Fsp3) is 0.308. The van der Waals surface area contributed by atoms with E-state index in [-0.39, 0.29) is 0 Å². The highest BCUT2D eigenvalue weighted by Gasteiger charge is 2.01. The number of thioether (sulfide) groups is 1. The first-order chi connectivity index (χ1) is 8.30. The zero-order valence-electron chi connectivity index (χ0n) is 10.3. The van der Waals surface area contributed by atoms with Crippen LogP contribution in [0.3, 0.4) is 0 Å². The molecule has 0 amide bonds. The summed E-state index contributed by atoms with van der Waals surface area (Å²) in [5, 5.41) is 3.10. The number of aliphatic imine (C=N–C) groups is 1. The minimum atomic E-state index is 0.870. The Labute approximate surface area is 107 Å². The third-order valence-electron chi connectivity index (χ3n) is 2.17. The molecule has 0 saturated carbocycles. The van der Waals surface area contributed by atoms with Crippen molar-refractivity contribution >= 4 is 18.5 Å². The summed E-state index contributed by atoms with van der Waals surface area (Å²) < 4.78 is 5.13. The topological polar surface area (TPSA) is 33.6 Å². The molecule has 0 aromatic heterocycles. The van der Waals surface area contributed by atoms with Crippen LogP contribution in [0.5, 0.6) is 5.75 Å². The average Bonchev–Trinajstić information content (AvgIpc) is 2.37. The smallest absolute Gasteiger partial charge is 0.118 e. The van der Waals surface area contributed by atoms with Gasteiger partial charge in [0.25, 0.3) is 0 Å². The van der Waals surface area contributed by atoms with E-state index in [0.717, 1.165) is 18.0 Å². The Morgan fingerprint density at radius 1 is 1.47 bits per heavy atom. The summed E-state index contributed by atoms with van der Waals surface area (Å²) >= 11 is 1.74. The SMILES string of the molecule is C=N/C=C(/Cc1ccc(OC)cc1)SCNC. The van der Waals surface area contributed by atoms with Crippen LogP contribution >= 0.6 is 11.8 Å². The van der Waals surface area contributed by atoms with Gasteiger partial charge in [-0.05, 0) is 31.5 Å². The predicted octanol–water partition coefficient (Wildman–Crippen LogP) is 2.69. The molecule has 1 N–H and O–H groups in total. The van der Waals surface area contributed by atoms with Crippen LogP contribution in [-0.2, 0) is 6.42 Å². The lowest BCUT2D eigenvalue weighted by molar-refractivity contribution is 0.414. The summed E-state index contributed by atoms with van der Waals surface area (Å²) in [6.07, 6.45) is 2.68. The molecule has 92 valence electrons. The van der Waals surface area contributed by atoms with Crippen molar-refractivity contribution in [2.75, 3.05) is 20.0 Å². The molecule has 0 unspecified atom stereocenters. The maximum Gasteiger partial charge on any atom is 0.118 e. The van der Waals surface area contributed by atoms with Gasteiger partial charge in [0.1, 0.15) is 5.75 Å². The van der Waals surface area contributed by atoms with E-state index < -0.39 is 0 Å². The number of hydrogen-bond donors (Lipinski definition) is 1. The van der Waals surface area contributed by atoms with E-state index in [2.05, 4.69) is 29.2 Å². The fourth-order valence-corrected chi connectivity index (χ4v) is 2.09. The molecule has 0 atom stereocenters. The second-order valence-electron chi connectivity index (χ2n) is 3.45. The maximum atomic E-state index is 5.13. The van der Waals surface area contributed by atoms with Gasteiger partial charge < -0.3 is 10.1 Å². The average molecular weight is 250 g/mol. The van der Waals surface area contributed by atoms with Gasteiger partial charge in [0.2, 0.25) is 0 Å². The molecule has 0 aliphatic rings. The van der Waals surface area contributed by atoms with Crippen molar-refractivity contribution < 1.29 is 4.74 Å². The summed E-state index contributed by atoms with van der Waals surface area (Å²) in [4.78, 5) is 5.03. The summed E-state index contributed by atoms with van der Waals surface area (Å²) in [6.45, 7) is 3.50. The molecule has 3 nitrogen and oxygen atoms in total. The van der Waals surface area contributed by atoms with Gasteiger partial charge in [-0.1, -0.05) is 12.1 Å². The van der Waals surface area contributed by atoms with Crippen molar-refractivity contribution in [3.8, 4) is 5.75 Å². The molecule has 0 spiro atoms. The molecule has 0 bridgehead atoms. The standard InChI is InChI=1S/C13H18N2OS/c1-14-9-13(17-10-15-2)8-11-4-6-12(16-3)7-5-11/h4-7,9,15H,1,8,10H2,2-3H3/b13-9-. The van der Waals surface area contributed by atoms with Crippen molar-refractivity contribution in [1.29, 1.82) is 0 Å². The molecule has 0 fully saturated rings. The van der Waals surface area contributed by atoms with Gasteiger partial charge in [-0.3, -0.25) is 4.99 Å². The minimum Gasteiger partial charge on any atom is -0.497 e. The number of methoxy groups -OCH3 is 1. The molecule has 1 rings (SSSR count). The van der Waals surface area contributed by atoms with Crippen LogP contribution in [-0.4, -0.2) is 26.8 Å². The van der Waals surface area contributed by atoms with Crippen molar-refractivity contribution in [2.24, 2.45) is 4.99 Å². The lowest BCUT2D eigenvalue weighted by atomic mass is 10.1. The molecule has 1 aromatic rings. The second kappa shape index (κ2) is 7.92. The number of nitrogens with one attached hydrogen (secondary N) is 1. The summed E-state index contributed by atoms with van der Waals surface area (Å²) in [6, 6.07) is 8.07. The van der Waals surface area contributed by atoms with Crippen LogP contribution in [0.25, 0.3) is 0 Å². The van der Waals surface area contributed by atoms with E-state index in [1.54, 1.807) is 18.9 Å². The van der Waals surface area contributed by atoms with Gasteiger partial charge in [0, 0.05) is 23.4 Å². The molecule has 1 aromatic carbocycles. The molecule has 0 aliphatic carbocycles. The Morgan fingerprint density at radius 2 is 2.18 bits per heavy atom. The second-order valence-corrected chi connectivity index (χ2v) is 4.55. The highest BCUT2D eigenvalue weighted by atomic mass is 32.2. The van der Waals surface area contributed by atoms with Gasteiger partial charge in [-0.15, -0.1) is 11.8 Å². The Balaban J connectivity index is 2.65. The predicted molar refractivity (Wildman–Crippen MR) is 75.8 cm³/mol. The zero-order chi connectivity index (χ0) is 12.5. The van der Waals surface area contributed by atoms with Crippen LogP contribution in [0.15, 0.2) is 40.4 Å². The quantitative estimate of drug-likeness (QED) is 0.596. The van der Waals surface area contributed by atoms with E-state index in [0.29, 0.717) is 0 Å². The lowest BCUT2D eigenvalue weighted by Crippen LogP contribution is -2.04. The van der Waals surface area contributed by atoms with E-state index in [9.17, 15) is 0 Å². The van der Waals surface area contributed by atoms with Crippen molar-refractivity contribution in [3.05, 3.63) is 40.9 Å². The molecule has 17 heavy (non-hydrogen) atoms. The highest BCUT2D eigenvalue weighted by molar-refractivity contribution is 8.03. The monoisotopic (exact) mass is 250 g/mol. The van der Waals surface area contributed by atoms with E-state index in [1.165, 1.54) is 10.5 Å². The van der Waals surface area contributed by atoms with E-state index in [1.807, 2.05) is 25.4 Å². The first-order valence-electron chi connectivity index (χ1n) is 5.35. The Hall–Kier alpha value is -1.26. The molecule has 0 heterocycles. The number of benzene rings is 1. The third kappa shape index (κ3) is 5.06. The van der Waals surface area contributed by atoms with Crippen LogP contribution in [0, 0.1) is 0 Å². The van der Waals surface area contributed by atoms with E-state index in [4.69, 9.17) is 4.74 Å². The molecule has 4 heteroatoms. The molecule has 0 radical (unpaired) electrons. The number of allylic oxidation sites excluding steroid dienone is 1. The number of hydrogen-bond acceptors (Lipinski definition) is 4. The van der Waals surface area contributed by atoms with Gasteiger partial charge in [-0.2, -0.15) is 0 Å². The number of ether oxygens (including phenoxy) is 1. The van der Waals surface area contributed by atoms with Crippen molar-refractivity contribution in [2.45, 2.75) is 6.42 Å². The first kappa shape index (κ1) is 13.8. The summed E-state index contributed by atoms with van der Waals surface area (Å²) in [5.74, 6) is 1.75. The first-order valence-corrected chi connectivity index (χ1v) is 6.34. The lowest BCUT2D eigenvalue weighted by Gasteiger charge is -2.07. The third-order valence-corrected chi connectivity index (χ3v) is 3.23. The zero-order valence-corrected chi connectivity index (χ0v) is 11.1. The Morgan fingerprint density at radius 3 is 2.71 bits per heavy atom. The highest BCUT2D eigenvalue weighted by Crippen LogP contribution is 2.21. The summed E-state index contributed by atoms with van der Waals surface area (Å²) in [5.41, 5.74) is 1.24. The number of nitrogens with zero attached hydrogens (tertiary/aromatic N) is 1. The van der Waals surface area contributed by atoms with Crippen molar-refractivity contribution in [1.82, 2.24) is 5.32 Å². The number of rotatable bonds is 7. The van der Waals surface area contributed by atoms with Gasteiger partial charge >= 0.3 is 0 Å². The molecular weight excluding hydrogens is 232 g/mol. The van der Waals surface area contributed by atoms with Gasteiger partial charge in [0.05, 0.1) is 7.11 Å². The summed E-state index contributed by atoms with van der Waals surface area (Å²) in [7, 11) is 3.60.